The van der Waals surface area contributed by atoms with Gasteiger partial charge in [0.1, 0.15) is 34.4 Å². The molecule has 0 bridgehead atoms. The van der Waals surface area contributed by atoms with E-state index in [2.05, 4.69) is 0 Å². The van der Waals surface area contributed by atoms with Crippen LogP contribution in [-0.2, 0) is 25.3 Å². The summed E-state index contributed by atoms with van der Waals surface area (Å²) in [6.45, 7) is -0.00440. The Kier molecular flexibility index (Phi) is 10.6. The fraction of sp³-hybridized carbons (Fsp3) is 0.375. The third-order valence-corrected chi connectivity index (χ3v) is 10.1. The number of benzene rings is 3. The normalized spacial score (nSPS) is 21.2. The Morgan fingerprint density at radius 2 is 1.57 bits per heavy atom. The highest BCUT2D eigenvalue weighted by Crippen LogP contribution is 2.43. The number of nitrogens with zero attached hydrogens (tertiary/aromatic N) is 2. The maximum absolute atomic E-state index is 14.9. The summed E-state index contributed by atoms with van der Waals surface area (Å²) in [7, 11) is -1.70. The van der Waals surface area contributed by atoms with Crippen LogP contribution in [0.1, 0.15) is 43.7 Å². The Balaban J connectivity index is 0.000000484. The van der Waals surface area contributed by atoms with Gasteiger partial charge in [-0.1, -0.05) is 59.6 Å². The highest BCUT2D eigenvalue weighted by Gasteiger charge is 2.48. The molecule has 6 rings (SSSR count). The molecular formula is C32H32Cl2F2N2O5S. The zero-order chi connectivity index (χ0) is 31.4. The minimum atomic E-state index is -1.70. The number of hydrogen-bond acceptors (Lipinski definition) is 4. The van der Waals surface area contributed by atoms with Crippen molar-refractivity contribution in [2.75, 3.05) is 17.5 Å². The lowest BCUT2D eigenvalue weighted by molar-refractivity contribution is -0.169. The summed E-state index contributed by atoms with van der Waals surface area (Å²) in [5.41, 5.74) is 0.369. The molecule has 1 saturated heterocycles. The number of hydrogen-bond donors (Lipinski definition) is 1. The minimum Gasteiger partial charge on any atom is -0.481 e. The first-order chi connectivity index (χ1) is 21.1. The molecule has 234 valence electrons. The van der Waals surface area contributed by atoms with E-state index in [1.54, 1.807) is 29.2 Å². The Hall–Kier alpha value is -3.05. The van der Waals surface area contributed by atoms with E-state index in [4.69, 9.17) is 27.9 Å². The average Bonchev–Trinajstić information content (AvgIpc) is 3.91. The smallest absolute Gasteiger partial charge is 0.306 e. The molecule has 7 nitrogen and oxygen atoms in total. The van der Waals surface area contributed by atoms with Gasteiger partial charge < -0.3 is 14.7 Å². The van der Waals surface area contributed by atoms with Gasteiger partial charge in [-0.05, 0) is 73.6 Å². The van der Waals surface area contributed by atoms with E-state index >= 15 is 0 Å². The van der Waals surface area contributed by atoms with Crippen molar-refractivity contribution >= 4 is 51.8 Å². The molecule has 2 aliphatic carbocycles. The van der Waals surface area contributed by atoms with E-state index in [1.807, 2.05) is 30.3 Å². The monoisotopic (exact) mass is 664 g/mol. The lowest BCUT2D eigenvalue weighted by atomic mass is 9.97. The van der Waals surface area contributed by atoms with Crippen LogP contribution in [0.25, 0.3) is 0 Å². The van der Waals surface area contributed by atoms with Crippen molar-refractivity contribution in [2.45, 2.75) is 55.5 Å². The lowest BCUT2D eigenvalue weighted by Crippen LogP contribution is -2.58. The molecule has 1 amide bonds. The molecule has 1 aliphatic heterocycles. The average molecular weight is 666 g/mol. The van der Waals surface area contributed by atoms with Crippen molar-refractivity contribution in [1.82, 2.24) is 4.90 Å². The number of amides is 1. The first-order valence-electron chi connectivity index (χ1n) is 14.4. The predicted octanol–water partition coefficient (Wildman–Crippen LogP) is 6.81. The first-order valence-corrected chi connectivity index (χ1v) is 16.3. The molecule has 0 spiro atoms. The molecule has 3 aromatic rings. The number of aliphatic carboxylic acids is 1. The topological polar surface area (TPSA) is 87.2 Å². The second-order valence-electron chi connectivity index (χ2n) is 11.0. The quantitative estimate of drug-likeness (QED) is 0.257. The van der Waals surface area contributed by atoms with Crippen LogP contribution in [0.15, 0.2) is 72.8 Å². The number of para-hydroxylation sites is 1. The summed E-state index contributed by atoms with van der Waals surface area (Å²) in [4.78, 5) is 26.8. The van der Waals surface area contributed by atoms with Gasteiger partial charge in [-0.3, -0.25) is 13.9 Å². The van der Waals surface area contributed by atoms with Gasteiger partial charge in [0.05, 0.1) is 36.9 Å². The van der Waals surface area contributed by atoms with Gasteiger partial charge >= 0.3 is 5.97 Å². The number of rotatable bonds is 10. The number of carbonyl (C=O) groups is 2. The van der Waals surface area contributed by atoms with Crippen molar-refractivity contribution in [3.05, 3.63) is 100 Å². The van der Waals surface area contributed by atoms with E-state index in [1.165, 1.54) is 10.4 Å². The van der Waals surface area contributed by atoms with Crippen molar-refractivity contribution in [3.63, 3.8) is 0 Å². The number of carboxylic acid groups (broad SMARTS) is 1. The number of morpholine rings is 1. The molecule has 3 unspecified atom stereocenters. The lowest BCUT2D eigenvalue weighted by Gasteiger charge is -2.45. The summed E-state index contributed by atoms with van der Waals surface area (Å²) >= 11 is 11.6. The highest BCUT2D eigenvalue weighted by molar-refractivity contribution is 7.87. The Labute approximate surface area is 267 Å². The summed E-state index contributed by atoms with van der Waals surface area (Å²) < 4.78 is 50.2. The van der Waals surface area contributed by atoms with Crippen molar-refractivity contribution < 1.29 is 32.4 Å². The molecule has 2 saturated carbocycles. The zero-order valence-electron chi connectivity index (χ0n) is 23.7. The number of halogens is 4. The molecule has 0 aromatic heterocycles. The second kappa shape index (κ2) is 14.4. The van der Waals surface area contributed by atoms with Crippen molar-refractivity contribution in [3.8, 4) is 0 Å². The SMILES string of the molecule is Clc1ccccc1.O=C(O)CC1OC[C@@H](c2ccc(Cl)cc2)N(C(CN(c2c(F)cccc2F)S(=O)C2CC2)C2CC2)C1=O. The fourth-order valence-corrected chi connectivity index (χ4v) is 7.11. The maximum atomic E-state index is 14.9. The zero-order valence-corrected chi connectivity index (χ0v) is 26.0. The van der Waals surface area contributed by atoms with Crippen LogP contribution in [0.2, 0.25) is 10.0 Å². The molecule has 3 aliphatic rings. The third-order valence-electron chi connectivity index (χ3n) is 7.76. The van der Waals surface area contributed by atoms with Crippen LogP contribution in [-0.4, -0.2) is 56.6 Å². The van der Waals surface area contributed by atoms with Gasteiger partial charge in [-0.2, -0.15) is 0 Å². The van der Waals surface area contributed by atoms with Gasteiger partial charge in [0.2, 0.25) is 0 Å². The molecule has 44 heavy (non-hydrogen) atoms. The van der Waals surface area contributed by atoms with Gasteiger partial charge in [-0.25, -0.2) is 13.0 Å². The van der Waals surface area contributed by atoms with Gasteiger partial charge in [-0.15, -0.1) is 0 Å². The van der Waals surface area contributed by atoms with E-state index in [0.29, 0.717) is 17.9 Å². The second-order valence-corrected chi connectivity index (χ2v) is 13.6. The predicted molar refractivity (Wildman–Crippen MR) is 166 cm³/mol. The van der Waals surface area contributed by atoms with E-state index in [0.717, 1.165) is 35.6 Å². The van der Waals surface area contributed by atoms with Crippen molar-refractivity contribution in [1.29, 1.82) is 0 Å². The molecule has 0 radical (unpaired) electrons. The van der Waals surface area contributed by atoms with Crippen LogP contribution in [0.5, 0.6) is 0 Å². The Bertz CT molecular complexity index is 1470. The first kappa shape index (κ1) is 32.3. The Morgan fingerprint density at radius 3 is 2.09 bits per heavy atom. The Morgan fingerprint density at radius 1 is 0.955 bits per heavy atom. The number of carboxylic acids is 1. The highest BCUT2D eigenvalue weighted by atomic mass is 35.5. The molecule has 1 N–H and O–H groups in total. The van der Waals surface area contributed by atoms with Gasteiger partial charge in [0, 0.05) is 10.0 Å². The standard InChI is InChI=1S/C26H27ClF2N2O5S.C6H5Cl/c27-17-8-6-16(7-9-17)22-14-36-23(12-24(32)33)26(34)31(22)21(15-4-5-15)13-30(37(35)18-10-11-18)25-19(28)2-1-3-20(25)29;7-6-4-2-1-3-5-6/h1-3,6-9,15,18,21-23H,4-5,10-14H2,(H,32,33);1-5H/t21?,22-,23?,37?;/m0./s1. The maximum Gasteiger partial charge on any atom is 0.306 e. The van der Waals surface area contributed by atoms with Gasteiger partial charge in [0.25, 0.3) is 5.91 Å². The van der Waals surface area contributed by atoms with Gasteiger partial charge in [0.15, 0.2) is 0 Å². The van der Waals surface area contributed by atoms with Crippen molar-refractivity contribution in [2.24, 2.45) is 5.92 Å². The number of ether oxygens (including phenoxy) is 1. The van der Waals surface area contributed by atoms with E-state index < -0.39 is 59.1 Å². The fourth-order valence-electron chi connectivity index (χ4n) is 5.28. The summed E-state index contributed by atoms with van der Waals surface area (Å²) in [6.07, 6.45) is 1.27. The molecule has 3 fully saturated rings. The van der Waals surface area contributed by atoms with Crippen LogP contribution in [0.4, 0.5) is 14.5 Å². The molecule has 12 heteroatoms. The van der Waals surface area contributed by atoms with Crippen LogP contribution in [0, 0.1) is 17.6 Å². The van der Waals surface area contributed by atoms with E-state index in [9.17, 15) is 27.7 Å². The number of carbonyl (C=O) groups excluding carboxylic acids is 1. The van der Waals surface area contributed by atoms with E-state index in [-0.39, 0.29) is 30.0 Å². The third kappa shape index (κ3) is 7.96. The summed E-state index contributed by atoms with van der Waals surface area (Å²) in [6, 6.07) is 18.8. The van der Waals surface area contributed by atoms with Crippen LogP contribution in [0.3, 0.4) is 0 Å². The summed E-state index contributed by atoms with van der Waals surface area (Å²) in [5.74, 6) is -3.31. The molecular weight excluding hydrogens is 633 g/mol. The van der Waals surface area contributed by atoms with Crippen LogP contribution >= 0.6 is 23.2 Å². The molecule has 3 aromatic carbocycles. The minimum absolute atomic E-state index is 0.0101. The van der Waals surface area contributed by atoms with Crippen LogP contribution < -0.4 is 4.31 Å². The molecule has 1 heterocycles. The number of anilines is 1. The largest absolute Gasteiger partial charge is 0.481 e. The summed E-state index contributed by atoms with van der Waals surface area (Å²) in [5, 5.41) is 10.4. The molecule has 4 atom stereocenters.